The van der Waals surface area contributed by atoms with Gasteiger partial charge >= 0.3 is 0 Å². The summed E-state index contributed by atoms with van der Waals surface area (Å²) in [6.45, 7) is 6.72. The van der Waals surface area contributed by atoms with Crippen LogP contribution >= 0.6 is 0 Å². The Hall–Kier alpha value is -2.09. The lowest BCUT2D eigenvalue weighted by atomic mass is 10.1. The highest BCUT2D eigenvalue weighted by Crippen LogP contribution is 2.26. The Bertz CT molecular complexity index is 890. The molecule has 26 heavy (non-hydrogen) atoms. The van der Waals surface area contributed by atoms with Crippen molar-refractivity contribution in [3.63, 3.8) is 0 Å². The van der Waals surface area contributed by atoms with Crippen molar-refractivity contribution >= 4 is 26.8 Å². The molecular formula is C18H26FN3O3S. The molecule has 0 aliphatic heterocycles. The van der Waals surface area contributed by atoms with Crippen molar-refractivity contribution in [2.24, 2.45) is 4.99 Å². The first-order chi connectivity index (χ1) is 12.2. The van der Waals surface area contributed by atoms with Crippen LogP contribution < -0.4 is 10.6 Å². The zero-order chi connectivity index (χ0) is 19.3. The first kappa shape index (κ1) is 20.2. The highest BCUT2D eigenvalue weighted by Gasteiger charge is 2.12. The Morgan fingerprint density at radius 1 is 1.38 bits per heavy atom. The molecule has 0 saturated heterocycles. The maximum Gasteiger partial charge on any atom is 0.191 e. The maximum atomic E-state index is 13.4. The summed E-state index contributed by atoms with van der Waals surface area (Å²) >= 11 is 0. The minimum Gasteiger partial charge on any atom is -0.459 e. The summed E-state index contributed by atoms with van der Waals surface area (Å²) < 4.78 is 41.8. The molecule has 2 rings (SSSR count). The lowest BCUT2D eigenvalue weighted by Crippen LogP contribution is -2.42. The average Bonchev–Trinajstić information content (AvgIpc) is 2.86. The molecule has 0 radical (unpaired) electrons. The zero-order valence-corrected chi connectivity index (χ0v) is 16.4. The number of furan rings is 1. The number of halogens is 1. The summed E-state index contributed by atoms with van der Waals surface area (Å²) in [5.41, 5.74) is 1.50. The predicted octanol–water partition coefficient (Wildman–Crippen LogP) is 2.76. The number of benzene rings is 1. The van der Waals surface area contributed by atoms with Crippen molar-refractivity contribution in [3.8, 4) is 0 Å². The predicted molar refractivity (Wildman–Crippen MR) is 103 cm³/mol. The Kier molecular flexibility index (Phi) is 6.63. The molecule has 0 aliphatic carbocycles. The number of hydrogen-bond acceptors (Lipinski definition) is 4. The largest absolute Gasteiger partial charge is 0.459 e. The van der Waals surface area contributed by atoms with Crippen LogP contribution in [0.5, 0.6) is 0 Å². The highest BCUT2D eigenvalue weighted by atomic mass is 32.2. The number of sulfone groups is 1. The van der Waals surface area contributed by atoms with Crippen LogP contribution in [0, 0.1) is 12.7 Å². The summed E-state index contributed by atoms with van der Waals surface area (Å²) in [6.07, 6.45) is 1.72. The maximum absolute atomic E-state index is 13.4. The van der Waals surface area contributed by atoms with E-state index in [-0.39, 0.29) is 17.6 Å². The van der Waals surface area contributed by atoms with Crippen LogP contribution in [0.15, 0.2) is 27.6 Å². The summed E-state index contributed by atoms with van der Waals surface area (Å²) in [4.78, 5) is 4.50. The number of guanidine groups is 1. The second-order valence-corrected chi connectivity index (χ2v) is 8.71. The van der Waals surface area contributed by atoms with E-state index in [0.717, 1.165) is 10.9 Å². The number of fused-ring (bicyclic) bond motifs is 1. The van der Waals surface area contributed by atoms with Crippen LogP contribution in [0.1, 0.15) is 31.6 Å². The Balaban J connectivity index is 2.10. The fourth-order valence-corrected chi connectivity index (χ4v) is 3.34. The molecular weight excluding hydrogens is 357 g/mol. The van der Waals surface area contributed by atoms with E-state index in [0.29, 0.717) is 36.8 Å². The third-order valence-corrected chi connectivity index (χ3v) is 5.00. The summed E-state index contributed by atoms with van der Waals surface area (Å²) in [5, 5.41) is 7.07. The Morgan fingerprint density at radius 3 is 2.77 bits per heavy atom. The van der Waals surface area contributed by atoms with E-state index < -0.39 is 9.84 Å². The standard InChI is InChI=1S/C18H26FN3O3S/c1-5-20-18(22-12(2)8-9-26(4,23)24)21-11-17-13(3)15-10-14(19)6-7-16(15)25-17/h6-7,10,12H,5,8-9,11H2,1-4H3,(H2,20,21,22). The van der Waals surface area contributed by atoms with Crippen molar-refractivity contribution in [3.05, 3.63) is 35.3 Å². The van der Waals surface area contributed by atoms with Crippen LogP contribution in [-0.4, -0.2) is 39.0 Å². The quantitative estimate of drug-likeness (QED) is 0.567. The van der Waals surface area contributed by atoms with E-state index in [2.05, 4.69) is 15.6 Å². The first-order valence-corrected chi connectivity index (χ1v) is 10.7. The molecule has 0 spiro atoms. The zero-order valence-electron chi connectivity index (χ0n) is 15.6. The fourth-order valence-electron chi connectivity index (χ4n) is 2.56. The van der Waals surface area contributed by atoms with Gasteiger partial charge in [-0.2, -0.15) is 0 Å². The van der Waals surface area contributed by atoms with Gasteiger partial charge in [-0.15, -0.1) is 0 Å². The number of nitrogens with one attached hydrogen (secondary N) is 2. The first-order valence-electron chi connectivity index (χ1n) is 8.59. The third-order valence-electron chi connectivity index (χ3n) is 4.03. The minimum absolute atomic E-state index is 0.0478. The van der Waals surface area contributed by atoms with Gasteiger partial charge in [0.1, 0.15) is 33.5 Å². The molecule has 1 aromatic heterocycles. The van der Waals surface area contributed by atoms with Gasteiger partial charge in [-0.3, -0.25) is 0 Å². The molecule has 2 N–H and O–H groups in total. The second-order valence-electron chi connectivity index (χ2n) is 6.45. The van der Waals surface area contributed by atoms with Crippen LogP contribution in [0.2, 0.25) is 0 Å². The monoisotopic (exact) mass is 383 g/mol. The molecule has 1 aromatic carbocycles. The van der Waals surface area contributed by atoms with Gasteiger partial charge in [0.2, 0.25) is 0 Å². The summed E-state index contributed by atoms with van der Waals surface area (Å²) in [7, 11) is -2.99. The van der Waals surface area contributed by atoms with Gasteiger partial charge in [0, 0.05) is 29.8 Å². The molecule has 1 unspecified atom stereocenters. The van der Waals surface area contributed by atoms with Gasteiger partial charge in [-0.1, -0.05) is 0 Å². The van der Waals surface area contributed by atoms with Crippen molar-refractivity contribution in [2.75, 3.05) is 18.6 Å². The number of hydrogen-bond donors (Lipinski definition) is 2. The molecule has 0 bridgehead atoms. The highest BCUT2D eigenvalue weighted by molar-refractivity contribution is 7.90. The molecule has 8 heteroatoms. The van der Waals surface area contributed by atoms with Gasteiger partial charge in [0.25, 0.3) is 0 Å². The number of rotatable bonds is 7. The van der Waals surface area contributed by atoms with Crippen LogP contribution in [0.3, 0.4) is 0 Å². The molecule has 1 atom stereocenters. The van der Waals surface area contributed by atoms with E-state index in [1.807, 2.05) is 20.8 Å². The van der Waals surface area contributed by atoms with Crippen LogP contribution in [0.25, 0.3) is 11.0 Å². The van der Waals surface area contributed by atoms with E-state index in [1.165, 1.54) is 18.4 Å². The Labute approximate surface area is 153 Å². The number of aliphatic imine (C=N–C) groups is 1. The molecule has 0 fully saturated rings. The molecule has 0 saturated carbocycles. The lowest BCUT2D eigenvalue weighted by molar-refractivity contribution is 0.545. The van der Waals surface area contributed by atoms with Gasteiger partial charge in [0.15, 0.2) is 5.96 Å². The molecule has 144 valence electrons. The normalized spacial score (nSPS) is 13.8. The van der Waals surface area contributed by atoms with E-state index in [4.69, 9.17) is 4.42 Å². The summed E-state index contributed by atoms with van der Waals surface area (Å²) in [6, 6.07) is 4.39. The SMILES string of the molecule is CCNC(=NCc1oc2ccc(F)cc2c1C)NC(C)CCS(C)(=O)=O. The smallest absolute Gasteiger partial charge is 0.191 e. The summed E-state index contributed by atoms with van der Waals surface area (Å²) in [5.74, 6) is 1.08. The van der Waals surface area contributed by atoms with Gasteiger partial charge in [-0.25, -0.2) is 17.8 Å². The molecule has 1 heterocycles. The van der Waals surface area contributed by atoms with Crippen molar-refractivity contribution < 1.29 is 17.2 Å². The lowest BCUT2D eigenvalue weighted by Gasteiger charge is -2.17. The third kappa shape index (κ3) is 5.72. The van der Waals surface area contributed by atoms with E-state index in [1.54, 1.807) is 6.07 Å². The Morgan fingerprint density at radius 2 is 2.12 bits per heavy atom. The fraction of sp³-hybridized carbons (Fsp3) is 0.500. The van der Waals surface area contributed by atoms with Crippen molar-refractivity contribution in [1.29, 1.82) is 0 Å². The second kappa shape index (κ2) is 8.53. The number of aryl methyl sites for hydroxylation is 1. The van der Waals surface area contributed by atoms with E-state index in [9.17, 15) is 12.8 Å². The number of nitrogens with zero attached hydrogens (tertiary/aromatic N) is 1. The van der Waals surface area contributed by atoms with Gasteiger partial charge in [-0.05, 0) is 45.4 Å². The van der Waals surface area contributed by atoms with Crippen LogP contribution in [-0.2, 0) is 16.4 Å². The molecule has 0 aliphatic rings. The molecule has 6 nitrogen and oxygen atoms in total. The van der Waals surface area contributed by atoms with Gasteiger partial charge < -0.3 is 15.1 Å². The van der Waals surface area contributed by atoms with E-state index >= 15 is 0 Å². The average molecular weight is 383 g/mol. The topological polar surface area (TPSA) is 83.7 Å². The van der Waals surface area contributed by atoms with Crippen molar-refractivity contribution in [1.82, 2.24) is 10.6 Å². The van der Waals surface area contributed by atoms with Crippen LogP contribution in [0.4, 0.5) is 4.39 Å². The van der Waals surface area contributed by atoms with Gasteiger partial charge in [0.05, 0.1) is 5.75 Å². The molecule has 2 aromatic rings. The van der Waals surface area contributed by atoms with Crippen molar-refractivity contribution in [2.45, 2.75) is 39.8 Å². The minimum atomic E-state index is -2.99. The molecule has 0 amide bonds.